The Balaban J connectivity index is 2.34. The molecule has 1 aliphatic carbocycles. The van der Waals surface area contributed by atoms with E-state index in [1.807, 2.05) is 12.1 Å². The monoisotopic (exact) mass is 277 g/mol. The second-order valence-electron chi connectivity index (χ2n) is 6.95. The van der Waals surface area contributed by atoms with E-state index in [4.69, 9.17) is 10.5 Å². The average Bonchev–Trinajstić information content (AvgIpc) is 2.64. The van der Waals surface area contributed by atoms with Crippen molar-refractivity contribution in [3.63, 3.8) is 0 Å². The number of methoxy groups -OCH3 is 1. The van der Waals surface area contributed by atoms with Crippen LogP contribution in [0.5, 0.6) is 5.75 Å². The minimum absolute atomic E-state index is 0.0591. The van der Waals surface area contributed by atoms with E-state index in [9.17, 15) is 5.11 Å². The molecular formula is C17H27NO2. The zero-order valence-electron chi connectivity index (χ0n) is 13.1. The fraction of sp³-hybridized carbons (Fsp3) is 0.647. The van der Waals surface area contributed by atoms with Crippen LogP contribution in [0.2, 0.25) is 0 Å². The summed E-state index contributed by atoms with van der Waals surface area (Å²) in [6.45, 7) is 6.84. The number of aliphatic hydroxyl groups excluding tert-OH is 1. The molecule has 1 saturated carbocycles. The quantitative estimate of drug-likeness (QED) is 0.889. The van der Waals surface area contributed by atoms with E-state index < -0.39 is 0 Å². The zero-order chi connectivity index (χ0) is 15.0. The van der Waals surface area contributed by atoms with E-state index in [1.165, 1.54) is 5.56 Å². The number of aliphatic hydroxyl groups is 1. The molecule has 3 nitrogen and oxygen atoms in total. The molecule has 2 atom stereocenters. The third kappa shape index (κ3) is 2.57. The minimum Gasteiger partial charge on any atom is -0.496 e. The van der Waals surface area contributed by atoms with E-state index in [1.54, 1.807) is 7.11 Å². The first-order chi connectivity index (χ1) is 9.34. The van der Waals surface area contributed by atoms with Crippen molar-refractivity contribution in [3.8, 4) is 5.75 Å². The van der Waals surface area contributed by atoms with Gasteiger partial charge in [-0.15, -0.1) is 0 Å². The van der Waals surface area contributed by atoms with Crippen LogP contribution in [-0.2, 0) is 6.42 Å². The van der Waals surface area contributed by atoms with Gasteiger partial charge in [0.25, 0.3) is 0 Å². The fourth-order valence-corrected chi connectivity index (χ4v) is 3.57. The standard InChI is InChI=1S/C17H27NO2/c1-12-5-6-14(20-4)13(9-12)10-17(11-18)8-7-16(2,3)15(17)19/h5-6,9,15,19H,7-8,10-11,18H2,1-4H3. The van der Waals surface area contributed by atoms with E-state index in [0.717, 1.165) is 30.6 Å². The Morgan fingerprint density at radius 2 is 2.05 bits per heavy atom. The SMILES string of the molecule is COc1ccc(C)cc1CC1(CN)CCC(C)(C)C1O. The van der Waals surface area contributed by atoms with Crippen molar-refractivity contribution in [2.75, 3.05) is 13.7 Å². The Hall–Kier alpha value is -1.06. The molecule has 0 aliphatic heterocycles. The van der Waals surface area contributed by atoms with Gasteiger partial charge in [-0.3, -0.25) is 0 Å². The van der Waals surface area contributed by atoms with E-state index in [-0.39, 0.29) is 16.9 Å². The lowest BCUT2D eigenvalue weighted by molar-refractivity contribution is -0.00485. The summed E-state index contributed by atoms with van der Waals surface area (Å²) < 4.78 is 5.46. The third-order valence-corrected chi connectivity index (χ3v) is 4.97. The Labute approximate surface area is 122 Å². The predicted octanol–water partition coefficient (Wildman–Crippen LogP) is 2.67. The van der Waals surface area contributed by atoms with Crippen molar-refractivity contribution >= 4 is 0 Å². The summed E-state index contributed by atoms with van der Waals surface area (Å²) in [7, 11) is 1.69. The van der Waals surface area contributed by atoms with Crippen LogP contribution in [-0.4, -0.2) is 24.9 Å². The number of hydrogen-bond donors (Lipinski definition) is 2. The van der Waals surface area contributed by atoms with Gasteiger partial charge in [0, 0.05) is 12.0 Å². The summed E-state index contributed by atoms with van der Waals surface area (Å²) in [5, 5.41) is 10.7. The van der Waals surface area contributed by atoms with E-state index in [2.05, 4.69) is 26.8 Å². The maximum Gasteiger partial charge on any atom is 0.122 e. The van der Waals surface area contributed by atoms with Crippen molar-refractivity contribution < 1.29 is 9.84 Å². The molecule has 1 aliphatic rings. The second kappa shape index (κ2) is 5.38. The lowest BCUT2D eigenvalue weighted by atomic mass is 9.74. The lowest BCUT2D eigenvalue weighted by Gasteiger charge is -2.36. The summed E-state index contributed by atoms with van der Waals surface area (Å²) in [6, 6.07) is 6.20. The van der Waals surface area contributed by atoms with Crippen LogP contribution in [0.4, 0.5) is 0 Å². The number of ether oxygens (including phenoxy) is 1. The van der Waals surface area contributed by atoms with Crippen molar-refractivity contribution in [1.82, 2.24) is 0 Å². The molecule has 0 saturated heterocycles. The largest absolute Gasteiger partial charge is 0.496 e. The molecule has 1 fully saturated rings. The van der Waals surface area contributed by atoms with Crippen molar-refractivity contribution in [3.05, 3.63) is 29.3 Å². The van der Waals surface area contributed by atoms with Gasteiger partial charge in [0.2, 0.25) is 0 Å². The number of benzene rings is 1. The van der Waals surface area contributed by atoms with Gasteiger partial charge in [-0.25, -0.2) is 0 Å². The summed E-state index contributed by atoms with van der Waals surface area (Å²) in [5.41, 5.74) is 8.12. The smallest absolute Gasteiger partial charge is 0.122 e. The molecule has 1 aromatic carbocycles. The van der Waals surface area contributed by atoms with Crippen molar-refractivity contribution in [2.24, 2.45) is 16.6 Å². The molecule has 0 radical (unpaired) electrons. The van der Waals surface area contributed by atoms with Crippen LogP contribution in [0.1, 0.15) is 37.8 Å². The molecule has 2 unspecified atom stereocenters. The van der Waals surface area contributed by atoms with E-state index in [0.29, 0.717) is 6.54 Å². The highest BCUT2D eigenvalue weighted by atomic mass is 16.5. The highest BCUT2D eigenvalue weighted by Gasteiger charge is 2.51. The van der Waals surface area contributed by atoms with Crippen molar-refractivity contribution in [2.45, 2.75) is 46.1 Å². The molecule has 3 N–H and O–H groups in total. The van der Waals surface area contributed by atoms with Gasteiger partial charge in [0.05, 0.1) is 13.2 Å². The zero-order valence-corrected chi connectivity index (χ0v) is 13.1. The van der Waals surface area contributed by atoms with Crippen molar-refractivity contribution in [1.29, 1.82) is 0 Å². The Morgan fingerprint density at radius 1 is 1.35 bits per heavy atom. The molecule has 0 bridgehead atoms. The van der Waals surface area contributed by atoms with Gasteiger partial charge < -0.3 is 15.6 Å². The van der Waals surface area contributed by atoms with Gasteiger partial charge in [0.1, 0.15) is 5.75 Å². The third-order valence-electron chi connectivity index (χ3n) is 4.97. The molecule has 0 heterocycles. The minimum atomic E-state index is -0.370. The Bertz CT molecular complexity index is 484. The van der Waals surface area contributed by atoms with Gasteiger partial charge >= 0.3 is 0 Å². The Kier molecular flexibility index (Phi) is 4.12. The molecule has 1 aromatic rings. The van der Waals surface area contributed by atoms with Gasteiger partial charge in [-0.1, -0.05) is 31.5 Å². The molecule has 0 spiro atoms. The number of rotatable bonds is 4. The molecule has 112 valence electrons. The van der Waals surface area contributed by atoms with Gasteiger partial charge in [-0.05, 0) is 43.2 Å². The lowest BCUT2D eigenvalue weighted by Crippen LogP contribution is -2.44. The number of nitrogens with two attached hydrogens (primary N) is 1. The molecule has 2 rings (SSSR count). The summed E-state index contributed by atoms with van der Waals surface area (Å²) in [4.78, 5) is 0. The first-order valence-electron chi connectivity index (χ1n) is 7.36. The van der Waals surface area contributed by atoms with Gasteiger partial charge in [-0.2, -0.15) is 0 Å². The molecule has 0 aromatic heterocycles. The fourth-order valence-electron chi connectivity index (χ4n) is 3.57. The highest BCUT2D eigenvalue weighted by molar-refractivity contribution is 5.38. The van der Waals surface area contributed by atoms with Crippen LogP contribution in [0.3, 0.4) is 0 Å². The molecule has 20 heavy (non-hydrogen) atoms. The van der Waals surface area contributed by atoms with E-state index >= 15 is 0 Å². The number of aryl methyl sites for hydroxylation is 1. The number of hydrogen-bond acceptors (Lipinski definition) is 3. The summed E-state index contributed by atoms with van der Waals surface area (Å²) in [5.74, 6) is 0.889. The van der Waals surface area contributed by atoms with Crippen LogP contribution in [0.15, 0.2) is 18.2 Å². The van der Waals surface area contributed by atoms with Crippen LogP contribution >= 0.6 is 0 Å². The highest BCUT2D eigenvalue weighted by Crippen LogP contribution is 2.51. The second-order valence-corrected chi connectivity index (χ2v) is 6.95. The maximum absolute atomic E-state index is 10.7. The summed E-state index contributed by atoms with van der Waals surface area (Å²) >= 11 is 0. The molecule has 3 heteroatoms. The predicted molar refractivity (Wildman–Crippen MR) is 81.9 cm³/mol. The maximum atomic E-state index is 10.7. The Morgan fingerprint density at radius 3 is 2.55 bits per heavy atom. The molecular weight excluding hydrogens is 250 g/mol. The molecule has 0 amide bonds. The topological polar surface area (TPSA) is 55.5 Å². The first kappa shape index (κ1) is 15.3. The van der Waals surface area contributed by atoms with Crippen LogP contribution in [0.25, 0.3) is 0 Å². The van der Waals surface area contributed by atoms with Crippen LogP contribution < -0.4 is 10.5 Å². The van der Waals surface area contributed by atoms with Gasteiger partial charge in [0.15, 0.2) is 0 Å². The average molecular weight is 277 g/mol. The van der Waals surface area contributed by atoms with Crippen LogP contribution in [0, 0.1) is 17.8 Å². The summed E-state index contributed by atoms with van der Waals surface area (Å²) in [6.07, 6.45) is 2.39. The first-order valence-corrected chi connectivity index (χ1v) is 7.36. The normalized spacial score (nSPS) is 28.6.